The van der Waals surface area contributed by atoms with Gasteiger partial charge >= 0.3 is 6.18 Å². The first-order chi connectivity index (χ1) is 7.43. The Morgan fingerprint density at radius 2 is 1.94 bits per heavy atom. The van der Waals surface area contributed by atoms with Crippen LogP contribution in [0.5, 0.6) is 0 Å². The second-order valence-corrected chi connectivity index (χ2v) is 3.48. The molecule has 0 atom stereocenters. The van der Waals surface area contributed by atoms with E-state index in [9.17, 15) is 13.2 Å². The van der Waals surface area contributed by atoms with E-state index < -0.39 is 11.9 Å². The first-order valence-corrected chi connectivity index (χ1v) is 4.88. The molecule has 2 rings (SSSR count). The molecule has 2 aromatic rings. The number of aromatic nitrogens is 4. The van der Waals surface area contributed by atoms with Crippen LogP contribution in [0, 0.1) is 0 Å². The standard InChI is InChI=1S/C7H3Cl2F3N4/c8-1-2-13-5(9)3-4(7(10,11)12)15-16-6(3)14-2/h1H2,(H,13,14,15,16). The highest BCUT2D eigenvalue weighted by molar-refractivity contribution is 6.34. The highest BCUT2D eigenvalue weighted by Gasteiger charge is 2.36. The van der Waals surface area contributed by atoms with Crippen molar-refractivity contribution in [1.29, 1.82) is 0 Å². The zero-order chi connectivity index (χ0) is 11.9. The fourth-order valence-corrected chi connectivity index (χ4v) is 1.59. The molecule has 0 unspecified atom stereocenters. The summed E-state index contributed by atoms with van der Waals surface area (Å²) < 4.78 is 37.5. The molecular weight excluding hydrogens is 268 g/mol. The van der Waals surface area contributed by atoms with Gasteiger partial charge in [0, 0.05) is 0 Å². The number of fused-ring (bicyclic) bond motifs is 1. The van der Waals surface area contributed by atoms with Crippen LogP contribution in [0.25, 0.3) is 11.0 Å². The third-order valence-electron chi connectivity index (χ3n) is 1.82. The van der Waals surface area contributed by atoms with Gasteiger partial charge in [0.15, 0.2) is 11.3 Å². The minimum atomic E-state index is -4.58. The number of alkyl halides is 4. The minimum Gasteiger partial charge on any atom is -0.271 e. The van der Waals surface area contributed by atoms with Crippen molar-refractivity contribution in [3.63, 3.8) is 0 Å². The highest BCUT2D eigenvalue weighted by Crippen LogP contribution is 2.35. The van der Waals surface area contributed by atoms with Crippen molar-refractivity contribution in [2.24, 2.45) is 0 Å². The van der Waals surface area contributed by atoms with E-state index in [4.69, 9.17) is 23.2 Å². The molecule has 2 heterocycles. The van der Waals surface area contributed by atoms with E-state index in [2.05, 4.69) is 15.1 Å². The number of nitrogens with zero attached hydrogens (tertiary/aromatic N) is 3. The minimum absolute atomic E-state index is 0.0517. The van der Waals surface area contributed by atoms with Crippen molar-refractivity contribution in [3.8, 4) is 0 Å². The van der Waals surface area contributed by atoms with Gasteiger partial charge in [-0.2, -0.15) is 18.3 Å². The Balaban J connectivity index is 2.74. The van der Waals surface area contributed by atoms with E-state index in [1.165, 1.54) is 0 Å². The predicted octanol–water partition coefficient (Wildman–Crippen LogP) is 2.76. The van der Waals surface area contributed by atoms with Crippen molar-refractivity contribution in [2.75, 3.05) is 0 Å². The summed E-state index contributed by atoms with van der Waals surface area (Å²) in [4.78, 5) is 7.35. The van der Waals surface area contributed by atoms with Crippen molar-refractivity contribution < 1.29 is 13.2 Å². The van der Waals surface area contributed by atoms with Crippen molar-refractivity contribution in [3.05, 3.63) is 16.7 Å². The molecule has 0 fully saturated rings. The lowest BCUT2D eigenvalue weighted by atomic mass is 10.3. The van der Waals surface area contributed by atoms with Crippen molar-refractivity contribution >= 4 is 34.2 Å². The number of halogens is 5. The number of nitrogens with one attached hydrogen (secondary N) is 1. The topological polar surface area (TPSA) is 54.5 Å². The molecule has 0 aliphatic rings. The Hall–Kier alpha value is -1.08. The molecule has 0 saturated heterocycles. The Morgan fingerprint density at radius 3 is 2.50 bits per heavy atom. The van der Waals surface area contributed by atoms with E-state index in [-0.39, 0.29) is 27.9 Å². The second kappa shape index (κ2) is 3.74. The summed E-state index contributed by atoms with van der Waals surface area (Å²) in [6.45, 7) is 0. The summed E-state index contributed by atoms with van der Waals surface area (Å²) in [6.07, 6.45) is -4.58. The Bertz CT molecular complexity index is 536. The zero-order valence-corrected chi connectivity index (χ0v) is 8.95. The van der Waals surface area contributed by atoms with Crippen LogP contribution in [0.3, 0.4) is 0 Å². The first-order valence-electron chi connectivity index (χ1n) is 3.97. The summed E-state index contributed by atoms with van der Waals surface area (Å²) >= 11 is 11.1. The van der Waals surface area contributed by atoms with Crippen molar-refractivity contribution in [1.82, 2.24) is 20.2 Å². The number of rotatable bonds is 1. The summed E-state index contributed by atoms with van der Waals surface area (Å²) in [7, 11) is 0. The summed E-state index contributed by atoms with van der Waals surface area (Å²) in [5.41, 5.74) is -1.21. The lowest BCUT2D eigenvalue weighted by molar-refractivity contribution is -0.139. The summed E-state index contributed by atoms with van der Waals surface area (Å²) in [6, 6.07) is 0. The molecule has 0 aromatic carbocycles. The van der Waals surface area contributed by atoms with Crippen LogP contribution in [-0.2, 0) is 12.1 Å². The smallest absolute Gasteiger partial charge is 0.271 e. The quantitative estimate of drug-likeness (QED) is 0.640. The van der Waals surface area contributed by atoms with Gasteiger partial charge in [-0.3, -0.25) is 5.10 Å². The SMILES string of the molecule is FC(F)(F)c1[nH]nc2nc(CCl)nc(Cl)c12. The van der Waals surface area contributed by atoms with Gasteiger partial charge in [-0.15, -0.1) is 11.6 Å². The fourth-order valence-electron chi connectivity index (χ4n) is 1.19. The van der Waals surface area contributed by atoms with Crippen LogP contribution in [0.2, 0.25) is 5.15 Å². The molecule has 0 aliphatic carbocycles. The van der Waals surface area contributed by atoms with E-state index in [1.807, 2.05) is 5.10 Å². The first kappa shape index (κ1) is 11.4. The van der Waals surface area contributed by atoms with Crippen LogP contribution in [-0.4, -0.2) is 20.2 Å². The zero-order valence-electron chi connectivity index (χ0n) is 7.44. The molecule has 0 saturated carbocycles. The van der Waals surface area contributed by atoms with Gasteiger partial charge in [-0.25, -0.2) is 9.97 Å². The molecular formula is C7H3Cl2F3N4. The van der Waals surface area contributed by atoms with Crippen LogP contribution in [0.15, 0.2) is 0 Å². The Kier molecular flexibility index (Phi) is 2.67. The van der Waals surface area contributed by atoms with Crippen LogP contribution in [0.4, 0.5) is 13.2 Å². The molecule has 2 aromatic heterocycles. The average molecular weight is 271 g/mol. The lowest BCUT2D eigenvalue weighted by Gasteiger charge is -2.03. The average Bonchev–Trinajstić information content (AvgIpc) is 2.60. The molecule has 0 radical (unpaired) electrons. The van der Waals surface area contributed by atoms with Gasteiger partial charge < -0.3 is 0 Å². The van der Waals surface area contributed by atoms with Gasteiger partial charge in [0.25, 0.3) is 0 Å². The predicted molar refractivity (Wildman–Crippen MR) is 51.3 cm³/mol. The monoisotopic (exact) mass is 270 g/mol. The van der Waals surface area contributed by atoms with Crippen LogP contribution >= 0.6 is 23.2 Å². The highest BCUT2D eigenvalue weighted by atomic mass is 35.5. The van der Waals surface area contributed by atoms with Gasteiger partial charge in [0.2, 0.25) is 0 Å². The number of H-pyrrole nitrogens is 1. The van der Waals surface area contributed by atoms with Crippen molar-refractivity contribution in [2.45, 2.75) is 12.1 Å². The Labute approximate surface area is 96.8 Å². The molecule has 16 heavy (non-hydrogen) atoms. The van der Waals surface area contributed by atoms with Crippen LogP contribution in [0.1, 0.15) is 11.5 Å². The third-order valence-corrected chi connectivity index (χ3v) is 2.33. The molecule has 0 spiro atoms. The maximum atomic E-state index is 12.5. The molecule has 0 bridgehead atoms. The largest absolute Gasteiger partial charge is 0.433 e. The summed E-state index contributed by atoms with van der Waals surface area (Å²) in [5, 5.41) is 4.59. The Morgan fingerprint density at radius 1 is 1.25 bits per heavy atom. The molecule has 9 heteroatoms. The van der Waals surface area contributed by atoms with Gasteiger partial charge in [-0.1, -0.05) is 11.6 Å². The number of hydrogen-bond acceptors (Lipinski definition) is 3. The van der Waals surface area contributed by atoms with Gasteiger partial charge in [0.05, 0.1) is 11.3 Å². The van der Waals surface area contributed by atoms with Crippen LogP contribution < -0.4 is 0 Å². The number of hydrogen-bond donors (Lipinski definition) is 1. The summed E-state index contributed by atoms with van der Waals surface area (Å²) in [5.74, 6) is 0.0727. The van der Waals surface area contributed by atoms with Gasteiger partial charge in [0.1, 0.15) is 11.0 Å². The molecule has 4 nitrogen and oxygen atoms in total. The second-order valence-electron chi connectivity index (χ2n) is 2.86. The van der Waals surface area contributed by atoms with Gasteiger partial charge in [-0.05, 0) is 0 Å². The molecule has 0 aliphatic heterocycles. The fraction of sp³-hybridized carbons (Fsp3) is 0.286. The molecule has 1 N–H and O–H groups in total. The maximum absolute atomic E-state index is 12.5. The third kappa shape index (κ3) is 1.80. The molecule has 86 valence electrons. The molecule has 0 amide bonds. The van der Waals surface area contributed by atoms with E-state index in [1.54, 1.807) is 0 Å². The normalized spacial score (nSPS) is 12.3. The van der Waals surface area contributed by atoms with E-state index >= 15 is 0 Å². The number of aromatic amines is 1. The van der Waals surface area contributed by atoms with E-state index in [0.717, 1.165) is 0 Å². The lowest BCUT2D eigenvalue weighted by Crippen LogP contribution is -2.06. The van der Waals surface area contributed by atoms with E-state index in [0.29, 0.717) is 0 Å². The maximum Gasteiger partial charge on any atom is 0.433 e.